The van der Waals surface area contributed by atoms with E-state index in [2.05, 4.69) is 4.74 Å². The van der Waals surface area contributed by atoms with Crippen LogP contribution in [0.2, 0.25) is 0 Å². The lowest BCUT2D eigenvalue weighted by Crippen LogP contribution is -2.08. The largest absolute Gasteiger partial charge is 0.502 e. The van der Waals surface area contributed by atoms with E-state index in [1.807, 2.05) is 0 Å². The Labute approximate surface area is 81.3 Å². The molecular weight excluding hydrogens is 188 g/mol. The van der Waals surface area contributed by atoms with Crippen LogP contribution in [-0.4, -0.2) is 28.8 Å². The van der Waals surface area contributed by atoms with Gasteiger partial charge in [-0.3, -0.25) is 0 Å². The van der Waals surface area contributed by atoms with Gasteiger partial charge in [0, 0.05) is 6.08 Å². The summed E-state index contributed by atoms with van der Waals surface area (Å²) in [5.74, 6) is -2.88. The lowest BCUT2D eigenvalue weighted by atomic mass is 10.2. The van der Waals surface area contributed by atoms with Gasteiger partial charge in [0.15, 0.2) is 0 Å². The van der Waals surface area contributed by atoms with E-state index < -0.39 is 17.7 Å². The Bertz CT molecular complexity index is 288. The van der Waals surface area contributed by atoms with Gasteiger partial charge in [0.25, 0.3) is 0 Å². The average Bonchev–Trinajstić information content (AvgIpc) is 2.13. The number of aliphatic hydroxyl groups is 1. The van der Waals surface area contributed by atoms with Gasteiger partial charge in [-0.15, -0.1) is 0 Å². The van der Waals surface area contributed by atoms with E-state index in [-0.39, 0.29) is 12.2 Å². The van der Waals surface area contributed by atoms with Gasteiger partial charge >= 0.3 is 11.9 Å². The number of hydrogen-bond donors (Lipinski definition) is 2. The summed E-state index contributed by atoms with van der Waals surface area (Å²) in [7, 11) is 0. The maximum Gasteiger partial charge on any atom is 0.373 e. The number of carboxylic acids is 1. The molecule has 0 atom stereocenters. The third kappa shape index (κ3) is 3.75. The first kappa shape index (κ1) is 12.2. The van der Waals surface area contributed by atoms with Crippen molar-refractivity contribution < 1.29 is 24.5 Å². The highest BCUT2D eigenvalue weighted by Crippen LogP contribution is 2.02. The Morgan fingerprint density at radius 1 is 1.36 bits per heavy atom. The summed E-state index contributed by atoms with van der Waals surface area (Å²) in [6, 6.07) is 0. The number of carbonyl (C=O) groups excluding carboxylic acids is 1. The molecule has 0 bridgehead atoms. The molecule has 5 nitrogen and oxygen atoms in total. The number of carbonyl (C=O) groups is 2. The van der Waals surface area contributed by atoms with Crippen LogP contribution in [0.3, 0.4) is 0 Å². The van der Waals surface area contributed by atoms with Crippen molar-refractivity contribution in [3.05, 3.63) is 23.5 Å². The number of aliphatic carboxylic acids is 1. The smallest absolute Gasteiger partial charge is 0.373 e. The summed E-state index contributed by atoms with van der Waals surface area (Å²) in [5, 5.41) is 17.6. The zero-order chi connectivity index (χ0) is 11.1. The zero-order valence-electron chi connectivity index (χ0n) is 7.98. The summed E-state index contributed by atoms with van der Waals surface area (Å²) in [5.41, 5.74) is -0.171. The van der Waals surface area contributed by atoms with Gasteiger partial charge in [-0.25, -0.2) is 9.59 Å². The molecule has 0 aliphatic heterocycles. The van der Waals surface area contributed by atoms with Crippen LogP contribution in [0.4, 0.5) is 0 Å². The monoisotopic (exact) mass is 200 g/mol. The molecule has 0 aromatic heterocycles. The van der Waals surface area contributed by atoms with Crippen LogP contribution in [0.5, 0.6) is 0 Å². The zero-order valence-corrected chi connectivity index (χ0v) is 7.98. The molecular formula is C9H12O5. The first-order valence-electron chi connectivity index (χ1n) is 4.00. The van der Waals surface area contributed by atoms with Crippen molar-refractivity contribution in [2.24, 2.45) is 0 Å². The molecule has 0 spiro atoms. The number of aliphatic hydroxyl groups excluding tert-OH is 1. The summed E-state index contributed by atoms with van der Waals surface area (Å²) in [6.45, 7) is 3.19. The molecule has 0 amide bonds. The van der Waals surface area contributed by atoms with Gasteiger partial charge < -0.3 is 14.9 Å². The second-order valence-corrected chi connectivity index (χ2v) is 2.30. The highest BCUT2D eigenvalue weighted by Gasteiger charge is 2.11. The number of ether oxygens (including phenoxy) is 1. The SMILES string of the molecule is C/C=C(/C=C(\O)C(=O)OCC)C(=O)O. The minimum Gasteiger partial charge on any atom is -0.502 e. The Hall–Kier alpha value is -1.78. The van der Waals surface area contributed by atoms with E-state index in [0.29, 0.717) is 0 Å². The quantitative estimate of drug-likeness (QED) is 0.306. The minimum absolute atomic E-state index is 0.120. The van der Waals surface area contributed by atoms with E-state index in [4.69, 9.17) is 10.2 Å². The molecule has 0 aliphatic rings. The molecule has 5 heteroatoms. The van der Waals surface area contributed by atoms with E-state index in [9.17, 15) is 9.59 Å². The van der Waals surface area contributed by atoms with Gasteiger partial charge in [-0.2, -0.15) is 0 Å². The normalized spacial score (nSPS) is 12.4. The average molecular weight is 200 g/mol. The first-order chi connectivity index (χ1) is 6.52. The van der Waals surface area contributed by atoms with Crippen molar-refractivity contribution >= 4 is 11.9 Å². The standard InChI is InChI=1S/C9H12O5/c1-3-6(8(11)12)5-7(10)9(13)14-4-2/h3,5,10H,4H2,1-2H3,(H,11,12)/b6-3-,7-5-. The molecule has 0 saturated heterocycles. The lowest BCUT2D eigenvalue weighted by Gasteiger charge is -2.00. The Morgan fingerprint density at radius 2 is 1.93 bits per heavy atom. The van der Waals surface area contributed by atoms with Gasteiger partial charge in [-0.05, 0) is 13.8 Å². The second kappa shape index (κ2) is 5.80. The summed E-state index contributed by atoms with van der Waals surface area (Å²) in [4.78, 5) is 21.3. The van der Waals surface area contributed by atoms with Crippen molar-refractivity contribution in [3.8, 4) is 0 Å². The van der Waals surface area contributed by atoms with Crippen molar-refractivity contribution in [2.45, 2.75) is 13.8 Å². The fourth-order valence-corrected chi connectivity index (χ4v) is 0.680. The van der Waals surface area contributed by atoms with Crippen LogP contribution in [0, 0.1) is 0 Å². The van der Waals surface area contributed by atoms with Crippen LogP contribution in [0.15, 0.2) is 23.5 Å². The molecule has 0 aromatic carbocycles. The summed E-state index contributed by atoms with van der Waals surface area (Å²) >= 11 is 0. The maximum atomic E-state index is 10.9. The number of rotatable bonds is 4. The molecule has 2 N–H and O–H groups in total. The fraction of sp³-hybridized carbons (Fsp3) is 0.333. The highest BCUT2D eigenvalue weighted by atomic mass is 16.5. The topological polar surface area (TPSA) is 83.8 Å². The van der Waals surface area contributed by atoms with Crippen molar-refractivity contribution in [2.75, 3.05) is 6.61 Å². The molecule has 0 saturated carbocycles. The minimum atomic E-state index is -1.22. The first-order valence-corrected chi connectivity index (χ1v) is 4.00. The van der Waals surface area contributed by atoms with Crippen molar-refractivity contribution in [3.63, 3.8) is 0 Å². The molecule has 0 unspecified atom stereocenters. The summed E-state index contributed by atoms with van der Waals surface area (Å²) in [6.07, 6.45) is 2.11. The molecule has 0 heterocycles. The number of allylic oxidation sites excluding steroid dienone is 1. The van der Waals surface area contributed by atoms with Crippen molar-refractivity contribution in [1.82, 2.24) is 0 Å². The Balaban J connectivity index is 4.65. The van der Waals surface area contributed by atoms with Crippen LogP contribution in [0.25, 0.3) is 0 Å². The van der Waals surface area contributed by atoms with Crippen LogP contribution >= 0.6 is 0 Å². The van der Waals surface area contributed by atoms with Crippen molar-refractivity contribution in [1.29, 1.82) is 0 Å². The van der Waals surface area contributed by atoms with Gasteiger partial charge in [0.2, 0.25) is 5.76 Å². The van der Waals surface area contributed by atoms with Gasteiger partial charge in [0.1, 0.15) is 0 Å². The predicted molar refractivity (Wildman–Crippen MR) is 48.7 cm³/mol. The number of carboxylic acid groups (broad SMARTS) is 1. The maximum absolute atomic E-state index is 10.9. The van der Waals surface area contributed by atoms with Crippen LogP contribution in [0.1, 0.15) is 13.8 Å². The fourth-order valence-electron chi connectivity index (χ4n) is 0.680. The summed E-state index contributed by atoms with van der Waals surface area (Å²) < 4.78 is 4.45. The van der Waals surface area contributed by atoms with Crippen LogP contribution < -0.4 is 0 Å². The number of hydrogen-bond acceptors (Lipinski definition) is 4. The molecule has 0 aliphatic carbocycles. The third-order valence-electron chi connectivity index (χ3n) is 1.33. The van der Waals surface area contributed by atoms with Gasteiger partial charge in [-0.1, -0.05) is 6.08 Å². The molecule has 0 fully saturated rings. The van der Waals surface area contributed by atoms with E-state index >= 15 is 0 Å². The van der Waals surface area contributed by atoms with Crippen LogP contribution in [-0.2, 0) is 14.3 Å². The lowest BCUT2D eigenvalue weighted by molar-refractivity contribution is -0.141. The van der Waals surface area contributed by atoms with E-state index in [1.165, 1.54) is 13.0 Å². The number of esters is 1. The van der Waals surface area contributed by atoms with Gasteiger partial charge in [0.05, 0.1) is 12.2 Å². The second-order valence-electron chi connectivity index (χ2n) is 2.30. The molecule has 0 rings (SSSR count). The Kier molecular flexibility index (Phi) is 5.06. The molecule has 0 aromatic rings. The van der Waals surface area contributed by atoms with E-state index in [1.54, 1.807) is 6.92 Å². The molecule has 14 heavy (non-hydrogen) atoms. The van der Waals surface area contributed by atoms with E-state index in [0.717, 1.165) is 6.08 Å². The molecule has 0 radical (unpaired) electrons. The molecule has 78 valence electrons. The highest BCUT2D eigenvalue weighted by molar-refractivity contribution is 5.94. The third-order valence-corrected chi connectivity index (χ3v) is 1.33. The predicted octanol–water partition coefficient (Wildman–Crippen LogP) is 1.02. The Morgan fingerprint density at radius 3 is 2.29 bits per heavy atom.